The fourth-order valence-electron chi connectivity index (χ4n) is 3.54. The van der Waals surface area contributed by atoms with Gasteiger partial charge in [0.1, 0.15) is 12.1 Å². The highest BCUT2D eigenvalue weighted by molar-refractivity contribution is 14.1. The normalized spacial score (nSPS) is 12.7. The molecule has 15 heteroatoms. The van der Waals surface area contributed by atoms with E-state index in [-0.39, 0.29) is 23.4 Å². The number of unbranched alkanes of at least 4 members (excludes halogenated alkanes) is 1. The number of benzene rings is 2. The van der Waals surface area contributed by atoms with Crippen LogP contribution in [0.2, 0.25) is 0 Å². The highest BCUT2D eigenvalue weighted by Crippen LogP contribution is 2.14. The minimum atomic E-state index is -3.94. The van der Waals surface area contributed by atoms with E-state index in [1.807, 2.05) is 24.3 Å². The molecular formula is C25H32IN5O8S. The number of carboxylic acid groups (broad SMARTS) is 2. The molecule has 0 fully saturated rings. The number of anilines is 1. The maximum absolute atomic E-state index is 12.7. The Hall–Kier alpha value is -3.28. The summed E-state index contributed by atoms with van der Waals surface area (Å²) >= 11 is 2.23. The van der Waals surface area contributed by atoms with Gasteiger partial charge in [0.25, 0.3) is 0 Å². The van der Waals surface area contributed by atoms with E-state index in [0.717, 1.165) is 9.13 Å². The molecule has 8 N–H and O–H groups in total. The van der Waals surface area contributed by atoms with Crippen LogP contribution in [0.25, 0.3) is 0 Å². The molecule has 2 rings (SSSR count). The molecule has 0 radical (unpaired) electrons. The van der Waals surface area contributed by atoms with Crippen LogP contribution in [0.1, 0.15) is 37.7 Å². The summed E-state index contributed by atoms with van der Waals surface area (Å²) in [5.74, 6) is -3.22. The summed E-state index contributed by atoms with van der Waals surface area (Å²) in [7, 11) is -3.94. The SMILES string of the molecule is NS(=O)(=O)c1ccc(NC(=O)[C@H](CCC(=O)O)NC(=O)N[C@@H](CCCCNCc2ccc(I)cc2)C(=O)O)cc1. The molecule has 2 aromatic rings. The lowest BCUT2D eigenvalue weighted by molar-refractivity contribution is -0.139. The zero-order valence-electron chi connectivity index (χ0n) is 21.4. The summed E-state index contributed by atoms with van der Waals surface area (Å²) in [5.41, 5.74) is 1.31. The highest BCUT2D eigenvalue weighted by atomic mass is 127. The zero-order valence-corrected chi connectivity index (χ0v) is 24.4. The standard InChI is InChI=1S/C25H32IN5O8S/c26-17-6-4-16(5-7-17)15-28-14-2-1-3-21(24(35)36)31-25(37)30-20(12-13-22(32)33)23(34)29-18-8-10-19(11-9-18)40(27,38)39/h4-11,20-21,28H,1-3,12-15H2,(H,29,34)(H,32,33)(H,35,36)(H2,27,38,39)(H2,30,31,37)/t20-,21-/m0/s1. The molecule has 0 aliphatic rings. The van der Waals surface area contributed by atoms with Crippen LogP contribution in [0, 0.1) is 3.57 Å². The van der Waals surface area contributed by atoms with E-state index in [1.165, 1.54) is 24.3 Å². The Kier molecular flexibility index (Phi) is 13.3. The minimum absolute atomic E-state index is 0.149. The zero-order chi connectivity index (χ0) is 29.7. The predicted octanol–water partition coefficient (Wildman–Crippen LogP) is 1.82. The number of halogens is 1. The van der Waals surface area contributed by atoms with Gasteiger partial charge in [0.05, 0.1) is 4.90 Å². The van der Waals surface area contributed by atoms with Crippen LogP contribution < -0.4 is 26.4 Å². The third-order valence-corrected chi connectivity index (χ3v) is 7.31. The second-order valence-electron chi connectivity index (χ2n) is 8.85. The monoisotopic (exact) mass is 689 g/mol. The Bertz CT molecular complexity index is 1270. The third-order valence-electron chi connectivity index (χ3n) is 5.66. The summed E-state index contributed by atoms with van der Waals surface area (Å²) in [6.07, 6.45) is 0.615. The van der Waals surface area contributed by atoms with Crippen LogP contribution in [0.4, 0.5) is 10.5 Å². The Labute approximate surface area is 245 Å². The topological polar surface area (TPSA) is 217 Å². The van der Waals surface area contributed by atoms with Crippen LogP contribution in [0.3, 0.4) is 0 Å². The number of carbonyl (C=O) groups excluding carboxylic acids is 2. The molecule has 2 aromatic carbocycles. The molecular weight excluding hydrogens is 657 g/mol. The van der Waals surface area contributed by atoms with E-state index in [2.05, 4.69) is 43.9 Å². The van der Waals surface area contributed by atoms with Gasteiger partial charge >= 0.3 is 18.0 Å². The van der Waals surface area contributed by atoms with E-state index < -0.39 is 52.4 Å². The number of urea groups is 1. The fourth-order valence-corrected chi connectivity index (χ4v) is 4.42. The van der Waals surface area contributed by atoms with Gasteiger partial charge in [0.15, 0.2) is 0 Å². The van der Waals surface area contributed by atoms with Crippen molar-refractivity contribution in [3.05, 3.63) is 57.7 Å². The molecule has 40 heavy (non-hydrogen) atoms. The average molecular weight is 690 g/mol. The van der Waals surface area contributed by atoms with Gasteiger partial charge in [0, 0.05) is 22.2 Å². The molecule has 0 unspecified atom stereocenters. The van der Waals surface area contributed by atoms with Gasteiger partial charge in [-0.05, 0) is 96.8 Å². The summed E-state index contributed by atoms with van der Waals surface area (Å²) in [5, 5.41) is 34.0. The van der Waals surface area contributed by atoms with Crippen molar-refractivity contribution in [1.29, 1.82) is 0 Å². The lowest BCUT2D eigenvalue weighted by Gasteiger charge is -2.20. The molecule has 0 aliphatic heterocycles. The largest absolute Gasteiger partial charge is 0.481 e. The predicted molar refractivity (Wildman–Crippen MR) is 155 cm³/mol. The quantitative estimate of drug-likeness (QED) is 0.101. The Balaban J connectivity index is 1.87. The molecule has 218 valence electrons. The first-order valence-corrected chi connectivity index (χ1v) is 14.9. The van der Waals surface area contributed by atoms with Crippen LogP contribution in [-0.2, 0) is 31.0 Å². The second kappa shape index (κ2) is 16.1. The van der Waals surface area contributed by atoms with Crippen molar-refractivity contribution in [3.8, 4) is 0 Å². The first-order chi connectivity index (χ1) is 18.8. The summed E-state index contributed by atoms with van der Waals surface area (Å²) in [6, 6.07) is 9.49. The van der Waals surface area contributed by atoms with Crippen molar-refractivity contribution in [2.75, 3.05) is 11.9 Å². The van der Waals surface area contributed by atoms with Gasteiger partial charge in [-0.15, -0.1) is 0 Å². The number of nitrogens with one attached hydrogen (secondary N) is 4. The number of nitrogens with two attached hydrogens (primary N) is 1. The van der Waals surface area contributed by atoms with Gasteiger partial charge in [-0.25, -0.2) is 23.1 Å². The number of rotatable bonds is 16. The lowest BCUT2D eigenvalue weighted by atomic mass is 10.1. The molecule has 0 heterocycles. The summed E-state index contributed by atoms with van der Waals surface area (Å²) in [6.45, 7) is 1.33. The smallest absolute Gasteiger partial charge is 0.326 e. The van der Waals surface area contributed by atoms with E-state index >= 15 is 0 Å². The molecule has 0 aromatic heterocycles. The van der Waals surface area contributed by atoms with Crippen LogP contribution in [0.5, 0.6) is 0 Å². The second-order valence-corrected chi connectivity index (χ2v) is 11.7. The van der Waals surface area contributed by atoms with E-state index in [0.29, 0.717) is 25.9 Å². The lowest BCUT2D eigenvalue weighted by Crippen LogP contribution is -2.52. The Morgan fingerprint density at radius 1 is 0.875 bits per heavy atom. The van der Waals surface area contributed by atoms with Crippen molar-refractivity contribution in [1.82, 2.24) is 16.0 Å². The van der Waals surface area contributed by atoms with Crippen molar-refractivity contribution < 1.29 is 37.8 Å². The molecule has 2 atom stereocenters. The first kappa shape index (κ1) is 32.9. The van der Waals surface area contributed by atoms with Crippen LogP contribution >= 0.6 is 22.6 Å². The number of hydrogen-bond donors (Lipinski definition) is 7. The number of primary sulfonamides is 1. The highest BCUT2D eigenvalue weighted by Gasteiger charge is 2.25. The number of sulfonamides is 1. The summed E-state index contributed by atoms with van der Waals surface area (Å²) < 4.78 is 23.9. The maximum atomic E-state index is 12.7. The van der Waals surface area contributed by atoms with Crippen molar-refractivity contribution >= 4 is 62.2 Å². The molecule has 13 nitrogen and oxygen atoms in total. The number of hydrogen-bond acceptors (Lipinski definition) is 7. The van der Waals surface area contributed by atoms with Gasteiger partial charge in [-0.3, -0.25) is 9.59 Å². The molecule has 3 amide bonds. The van der Waals surface area contributed by atoms with Crippen LogP contribution in [-0.4, -0.2) is 61.1 Å². The minimum Gasteiger partial charge on any atom is -0.481 e. The van der Waals surface area contributed by atoms with E-state index in [1.54, 1.807) is 0 Å². The number of carbonyl (C=O) groups is 4. The van der Waals surface area contributed by atoms with Gasteiger partial charge in [-0.2, -0.15) is 0 Å². The Morgan fingerprint density at radius 2 is 1.50 bits per heavy atom. The van der Waals surface area contributed by atoms with E-state index in [9.17, 15) is 32.7 Å². The number of aliphatic carboxylic acids is 2. The first-order valence-electron chi connectivity index (χ1n) is 12.3. The molecule has 0 spiro atoms. The van der Waals surface area contributed by atoms with Crippen molar-refractivity contribution in [2.24, 2.45) is 5.14 Å². The Morgan fingerprint density at radius 3 is 2.08 bits per heavy atom. The number of carboxylic acids is 2. The fraction of sp³-hybridized carbons (Fsp3) is 0.360. The van der Waals surface area contributed by atoms with Gasteiger partial charge < -0.3 is 31.5 Å². The van der Waals surface area contributed by atoms with Crippen molar-refractivity contribution in [2.45, 2.75) is 55.6 Å². The number of amides is 3. The molecule has 0 bridgehead atoms. The van der Waals surface area contributed by atoms with Crippen molar-refractivity contribution in [3.63, 3.8) is 0 Å². The maximum Gasteiger partial charge on any atom is 0.326 e. The van der Waals surface area contributed by atoms with Crippen LogP contribution in [0.15, 0.2) is 53.4 Å². The summed E-state index contributed by atoms with van der Waals surface area (Å²) in [4.78, 5) is 47.8. The van der Waals surface area contributed by atoms with E-state index in [4.69, 9.17) is 10.2 Å². The van der Waals surface area contributed by atoms with Gasteiger partial charge in [-0.1, -0.05) is 12.1 Å². The molecule has 0 aliphatic carbocycles. The van der Waals surface area contributed by atoms with Gasteiger partial charge in [0.2, 0.25) is 15.9 Å². The third kappa shape index (κ3) is 12.3. The molecule has 0 saturated carbocycles. The molecule has 0 saturated heterocycles. The average Bonchev–Trinajstić information content (AvgIpc) is 2.88.